The highest BCUT2D eigenvalue weighted by atomic mass is 16.5. The molecule has 0 aliphatic rings. The fraction of sp³-hybridized carbons (Fsp3) is 0.0385. The third-order valence-corrected chi connectivity index (χ3v) is 4.18. The summed E-state index contributed by atoms with van der Waals surface area (Å²) in [5, 5.41) is 27.7. The van der Waals surface area contributed by atoms with E-state index in [1.54, 1.807) is 43.5 Å². The number of nitrogens with zero attached hydrogens (tertiary/aromatic N) is 3. The average Bonchev–Trinajstić information content (AvgIpc) is 2.81. The van der Waals surface area contributed by atoms with Crippen molar-refractivity contribution in [2.75, 3.05) is 7.11 Å². The number of benzene rings is 3. The largest absolute Gasteiger partial charge is 0.497 e. The lowest BCUT2D eigenvalue weighted by Gasteiger charge is -1.99. The van der Waals surface area contributed by atoms with Crippen molar-refractivity contribution in [2.24, 2.45) is 0 Å². The Hall–Kier alpha value is -4.95. The van der Waals surface area contributed by atoms with Crippen LogP contribution >= 0.6 is 0 Å². The van der Waals surface area contributed by atoms with Gasteiger partial charge in [0.25, 0.3) is 0 Å². The van der Waals surface area contributed by atoms with Crippen molar-refractivity contribution in [3.05, 3.63) is 99.6 Å². The van der Waals surface area contributed by atoms with E-state index in [1.165, 1.54) is 0 Å². The number of ether oxygens (including phenoxy) is 1. The van der Waals surface area contributed by atoms with Gasteiger partial charge in [-0.25, -0.2) is 0 Å². The second-order valence-corrected chi connectivity index (χ2v) is 6.08. The molecule has 0 bridgehead atoms. The van der Waals surface area contributed by atoms with Gasteiger partial charge in [-0.3, -0.25) is 0 Å². The van der Waals surface area contributed by atoms with Crippen molar-refractivity contribution in [1.82, 2.24) is 0 Å². The summed E-state index contributed by atoms with van der Waals surface area (Å²) in [5.41, 5.74) is 3.73. The van der Waals surface area contributed by atoms with E-state index in [2.05, 4.69) is 35.8 Å². The molecule has 0 N–H and O–H groups in total. The van der Waals surface area contributed by atoms with Gasteiger partial charge in [-0.1, -0.05) is 23.7 Å². The topological polar surface area (TPSA) is 80.6 Å². The van der Waals surface area contributed by atoms with Gasteiger partial charge >= 0.3 is 0 Å². The van der Waals surface area contributed by atoms with Crippen molar-refractivity contribution in [2.45, 2.75) is 0 Å². The molecule has 0 atom stereocenters. The van der Waals surface area contributed by atoms with Crippen LogP contribution in [-0.2, 0) is 0 Å². The van der Waals surface area contributed by atoms with Gasteiger partial charge in [0.15, 0.2) is 0 Å². The molecule has 0 amide bonds. The van der Waals surface area contributed by atoms with E-state index < -0.39 is 0 Å². The van der Waals surface area contributed by atoms with Crippen LogP contribution in [0.4, 0.5) is 0 Å². The molecule has 3 rings (SSSR count). The Morgan fingerprint density at radius 3 is 1.77 bits per heavy atom. The summed E-state index contributed by atoms with van der Waals surface area (Å²) >= 11 is 0. The van der Waals surface area contributed by atoms with Gasteiger partial charge in [-0.05, 0) is 60.7 Å². The molecule has 0 unspecified atom stereocenters. The summed E-state index contributed by atoms with van der Waals surface area (Å²) in [6, 6.07) is 23.5. The first kappa shape index (κ1) is 19.8. The molecule has 0 saturated carbocycles. The zero-order valence-corrected chi connectivity index (χ0v) is 16.0. The van der Waals surface area contributed by atoms with Gasteiger partial charge in [0.1, 0.15) is 17.9 Å². The van der Waals surface area contributed by atoms with Crippen molar-refractivity contribution >= 4 is 0 Å². The molecule has 3 aromatic rings. The molecular weight excluding hydrogens is 370 g/mol. The summed E-state index contributed by atoms with van der Waals surface area (Å²) in [6.45, 7) is 0. The summed E-state index contributed by atoms with van der Waals surface area (Å²) in [6.07, 6.45) is 0. The maximum absolute atomic E-state index is 9.48. The summed E-state index contributed by atoms with van der Waals surface area (Å²) in [5.74, 6) is 12.7. The SMILES string of the molecule is COc1ccc(C#Cc2ccc(C#Cc3cc(C#N)ccc3C#N)cc2C#N)cc1. The molecule has 30 heavy (non-hydrogen) atoms. The Labute approximate surface area is 175 Å². The van der Waals surface area contributed by atoms with E-state index in [0.717, 1.165) is 11.3 Å². The predicted molar refractivity (Wildman–Crippen MR) is 112 cm³/mol. The quantitative estimate of drug-likeness (QED) is 0.592. The Kier molecular flexibility index (Phi) is 6.14. The van der Waals surface area contributed by atoms with Crippen LogP contribution in [0.3, 0.4) is 0 Å². The van der Waals surface area contributed by atoms with Gasteiger partial charge in [0, 0.05) is 22.3 Å². The van der Waals surface area contributed by atoms with Crippen molar-refractivity contribution in [1.29, 1.82) is 15.8 Å². The molecule has 0 radical (unpaired) electrons. The average molecular weight is 383 g/mol. The molecule has 0 aliphatic carbocycles. The molecule has 4 heteroatoms. The van der Waals surface area contributed by atoms with E-state index in [9.17, 15) is 10.5 Å². The normalized spacial score (nSPS) is 8.87. The van der Waals surface area contributed by atoms with Crippen LogP contribution in [0, 0.1) is 57.7 Å². The number of hydrogen-bond donors (Lipinski definition) is 0. The molecule has 4 nitrogen and oxygen atoms in total. The molecule has 0 spiro atoms. The first-order valence-electron chi connectivity index (χ1n) is 8.83. The summed E-state index contributed by atoms with van der Waals surface area (Å²) in [4.78, 5) is 0. The van der Waals surface area contributed by atoms with E-state index in [1.807, 2.05) is 30.3 Å². The van der Waals surface area contributed by atoms with Crippen LogP contribution in [0.25, 0.3) is 0 Å². The van der Waals surface area contributed by atoms with E-state index >= 15 is 0 Å². The third kappa shape index (κ3) is 4.66. The minimum Gasteiger partial charge on any atom is -0.497 e. The number of methoxy groups -OCH3 is 1. The third-order valence-electron chi connectivity index (χ3n) is 4.18. The zero-order chi connectivity index (χ0) is 21.3. The fourth-order valence-electron chi connectivity index (χ4n) is 2.59. The molecule has 0 heterocycles. The standard InChI is InChI=1S/C26H13N3O/c1-30-26-12-6-19(7-13-26)2-8-22-9-3-20(14-25(22)18-29)4-10-23-15-21(16-27)5-11-24(23)17-28/h3,5-7,9,11-15H,1H3. The highest BCUT2D eigenvalue weighted by Crippen LogP contribution is 2.14. The molecular formula is C26H13N3O. The minimum absolute atomic E-state index is 0.393. The first-order chi connectivity index (χ1) is 14.7. The van der Waals surface area contributed by atoms with Crippen LogP contribution in [0.15, 0.2) is 60.7 Å². The van der Waals surface area contributed by atoms with Crippen molar-refractivity contribution in [3.8, 4) is 47.6 Å². The fourth-order valence-corrected chi connectivity index (χ4v) is 2.59. The second kappa shape index (κ2) is 9.31. The lowest BCUT2D eigenvalue weighted by atomic mass is 10.0. The molecule has 3 aromatic carbocycles. The van der Waals surface area contributed by atoms with E-state index in [-0.39, 0.29) is 0 Å². The Morgan fingerprint density at radius 1 is 0.533 bits per heavy atom. The predicted octanol–water partition coefficient (Wildman–Crippen LogP) is 4.11. The monoisotopic (exact) mass is 383 g/mol. The highest BCUT2D eigenvalue weighted by Gasteiger charge is 2.03. The van der Waals surface area contributed by atoms with Gasteiger partial charge in [-0.2, -0.15) is 15.8 Å². The lowest BCUT2D eigenvalue weighted by molar-refractivity contribution is 0.415. The van der Waals surface area contributed by atoms with Gasteiger partial charge < -0.3 is 4.74 Å². The van der Waals surface area contributed by atoms with Crippen molar-refractivity contribution in [3.63, 3.8) is 0 Å². The van der Waals surface area contributed by atoms with Crippen molar-refractivity contribution < 1.29 is 4.74 Å². The Bertz CT molecular complexity index is 1360. The lowest BCUT2D eigenvalue weighted by Crippen LogP contribution is -1.88. The Morgan fingerprint density at radius 2 is 1.10 bits per heavy atom. The first-order valence-corrected chi connectivity index (χ1v) is 8.83. The van der Waals surface area contributed by atoms with E-state index in [4.69, 9.17) is 10.00 Å². The number of rotatable bonds is 1. The Balaban J connectivity index is 1.91. The van der Waals surface area contributed by atoms with Crippen LogP contribution in [-0.4, -0.2) is 7.11 Å². The zero-order valence-electron chi connectivity index (χ0n) is 16.0. The number of hydrogen-bond acceptors (Lipinski definition) is 4. The van der Waals surface area contributed by atoms with Gasteiger partial charge in [-0.15, -0.1) is 0 Å². The van der Waals surface area contributed by atoms with Gasteiger partial charge in [0.2, 0.25) is 0 Å². The van der Waals surface area contributed by atoms with Crippen LogP contribution in [0.5, 0.6) is 5.75 Å². The second-order valence-electron chi connectivity index (χ2n) is 6.08. The summed E-state index contributed by atoms with van der Waals surface area (Å²) in [7, 11) is 1.60. The van der Waals surface area contributed by atoms with Crippen LogP contribution in [0.1, 0.15) is 38.9 Å². The van der Waals surface area contributed by atoms with E-state index in [0.29, 0.717) is 33.4 Å². The summed E-state index contributed by atoms with van der Waals surface area (Å²) < 4.78 is 5.13. The molecule has 0 saturated heterocycles. The van der Waals surface area contributed by atoms with Gasteiger partial charge in [0.05, 0.1) is 29.9 Å². The smallest absolute Gasteiger partial charge is 0.118 e. The molecule has 0 aromatic heterocycles. The maximum Gasteiger partial charge on any atom is 0.118 e. The van der Waals surface area contributed by atoms with Crippen LogP contribution < -0.4 is 4.74 Å². The molecule has 138 valence electrons. The molecule has 0 aliphatic heterocycles. The number of nitriles is 3. The minimum atomic E-state index is 0.393. The maximum atomic E-state index is 9.48. The molecule has 0 fully saturated rings. The highest BCUT2D eigenvalue weighted by molar-refractivity contribution is 5.57. The van der Waals surface area contributed by atoms with Crippen LogP contribution in [0.2, 0.25) is 0 Å².